The van der Waals surface area contributed by atoms with Gasteiger partial charge in [-0.05, 0) is 45.2 Å². The molecule has 1 N–H and O–H groups in total. The molecule has 22 heavy (non-hydrogen) atoms. The third-order valence-corrected chi connectivity index (χ3v) is 5.03. The van der Waals surface area contributed by atoms with Crippen LogP contribution in [-0.2, 0) is 6.42 Å². The van der Waals surface area contributed by atoms with Gasteiger partial charge in [0.2, 0.25) is 0 Å². The van der Waals surface area contributed by atoms with Gasteiger partial charge in [0, 0.05) is 17.9 Å². The first-order valence-electron chi connectivity index (χ1n) is 7.72. The summed E-state index contributed by atoms with van der Waals surface area (Å²) in [6, 6.07) is 3.29. The number of fused-ring (bicyclic) bond motifs is 1. The lowest BCUT2D eigenvalue weighted by atomic mass is 9.76. The molecule has 1 heterocycles. The first-order chi connectivity index (χ1) is 10.4. The minimum absolute atomic E-state index is 0.224. The Morgan fingerprint density at radius 2 is 2.23 bits per heavy atom. The van der Waals surface area contributed by atoms with E-state index in [0.29, 0.717) is 23.8 Å². The molecule has 1 aliphatic heterocycles. The number of methoxy groups -OCH3 is 1. The van der Waals surface area contributed by atoms with Crippen molar-refractivity contribution in [1.82, 2.24) is 0 Å². The second-order valence-corrected chi connectivity index (χ2v) is 6.54. The van der Waals surface area contributed by atoms with Crippen LogP contribution in [0.2, 0.25) is 0 Å². The van der Waals surface area contributed by atoms with Gasteiger partial charge in [0.25, 0.3) is 0 Å². The van der Waals surface area contributed by atoms with E-state index in [1.807, 2.05) is 0 Å². The molecule has 0 radical (unpaired) electrons. The molecule has 1 aromatic rings. The Labute approximate surface area is 130 Å². The van der Waals surface area contributed by atoms with E-state index in [1.54, 1.807) is 19.2 Å². The third-order valence-electron chi connectivity index (χ3n) is 5.03. The summed E-state index contributed by atoms with van der Waals surface area (Å²) in [6.45, 7) is 4.26. The lowest BCUT2D eigenvalue weighted by Crippen LogP contribution is -2.40. The molecular formula is C18H22O4. The highest BCUT2D eigenvalue weighted by Crippen LogP contribution is 2.48. The number of rotatable bonds is 3. The van der Waals surface area contributed by atoms with Crippen molar-refractivity contribution in [3.05, 3.63) is 34.9 Å². The summed E-state index contributed by atoms with van der Waals surface area (Å²) in [5, 5.41) is 9.40. The predicted molar refractivity (Wildman–Crippen MR) is 83.8 cm³/mol. The van der Waals surface area contributed by atoms with Crippen LogP contribution in [0.15, 0.2) is 23.8 Å². The lowest BCUT2D eigenvalue weighted by Gasteiger charge is -2.35. The molecule has 0 bridgehead atoms. The number of carboxylic acids is 1. The van der Waals surface area contributed by atoms with Crippen molar-refractivity contribution in [2.24, 2.45) is 5.92 Å². The fourth-order valence-electron chi connectivity index (χ4n) is 3.62. The molecule has 0 amide bonds. The maximum atomic E-state index is 11.5. The van der Waals surface area contributed by atoms with Gasteiger partial charge in [0.15, 0.2) is 0 Å². The zero-order valence-corrected chi connectivity index (χ0v) is 13.3. The monoisotopic (exact) mass is 302 g/mol. The average Bonchev–Trinajstić information content (AvgIpc) is 2.84. The van der Waals surface area contributed by atoms with Gasteiger partial charge in [-0.2, -0.15) is 0 Å². The number of hydrogen-bond acceptors (Lipinski definition) is 3. The summed E-state index contributed by atoms with van der Waals surface area (Å²) in [4.78, 5) is 11.5. The van der Waals surface area contributed by atoms with Gasteiger partial charge >= 0.3 is 5.97 Å². The molecule has 1 unspecified atom stereocenters. The predicted octanol–water partition coefficient (Wildman–Crippen LogP) is 3.83. The van der Waals surface area contributed by atoms with Crippen LogP contribution in [0.4, 0.5) is 0 Å². The van der Waals surface area contributed by atoms with Gasteiger partial charge in [-0.3, -0.25) is 0 Å². The zero-order valence-electron chi connectivity index (χ0n) is 13.3. The first-order valence-corrected chi connectivity index (χ1v) is 7.72. The minimum Gasteiger partial charge on any atom is -0.496 e. The van der Waals surface area contributed by atoms with Crippen LogP contribution in [0, 0.1) is 5.92 Å². The Bertz CT molecular complexity index is 647. The van der Waals surface area contributed by atoms with Crippen molar-refractivity contribution in [1.29, 1.82) is 0 Å². The second-order valence-electron chi connectivity index (χ2n) is 6.54. The quantitative estimate of drug-likeness (QED) is 0.862. The second kappa shape index (κ2) is 5.34. The van der Waals surface area contributed by atoms with Gasteiger partial charge < -0.3 is 14.6 Å². The van der Waals surface area contributed by atoms with E-state index in [-0.39, 0.29) is 11.2 Å². The average molecular weight is 302 g/mol. The maximum Gasteiger partial charge on any atom is 0.339 e. The van der Waals surface area contributed by atoms with E-state index in [0.717, 1.165) is 24.8 Å². The molecule has 0 fully saturated rings. The largest absolute Gasteiger partial charge is 0.496 e. The van der Waals surface area contributed by atoms with Crippen molar-refractivity contribution in [2.45, 2.75) is 45.1 Å². The van der Waals surface area contributed by atoms with E-state index in [4.69, 9.17) is 9.47 Å². The number of ether oxygens (including phenoxy) is 2. The van der Waals surface area contributed by atoms with Crippen LogP contribution in [0.25, 0.3) is 0 Å². The SMILES string of the molecule is COc1ccc(C(=O)O)c2c1CC(C)([C@@H]1CC=C(C)CC1)O2. The highest BCUT2D eigenvalue weighted by Gasteiger charge is 2.44. The summed E-state index contributed by atoms with van der Waals surface area (Å²) < 4.78 is 11.6. The van der Waals surface area contributed by atoms with Crippen LogP contribution >= 0.6 is 0 Å². The Kier molecular flexibility index (Phi) is 3.63. The number of carboxylic acid groups (broad SMARTS) is 1. The fraction of sp³-hybridized carbons (Fsp3) is 0.500. The molecule has 118 valence electrons. The van der Waals surface area contributed by atoms with Crippen molar-refractivity contribution in [3.63, 3.8) is 0 Å². The van der Waals surface area contributed by atoms with Crippen molar-refractivity contribution >= 4 is 5.97 Å². The fourth-order valence-corrected chi connectivity index (χ4v) is 3.62. The molecule has 2 aliphatic rings. The smallest absolute Gasteiger partial charge is 0.339 e. The summed E-state index contributed by atoms with van der Waals surface area (Å²) in [5.74, 6) is 0.643. The van der Waals surface area contributed by atoms with E-state index in [1.165, 1.54) is 5.57 Å². The van der Waals surface area contributed by atoms with Gasteiger partial charge in [0.1, 0.15) is 22.7 Å². The van der Waals surface area contributed by atoms with E-state index in [2.05, 4.69) is 19.9 Å². The lowest BCUT2D eigenvalue weighted by molar-refractivity contribution is 0.0400. The molecule has 0 saturated carbocycles. The van der Waals surface area contributed by atoms with E-state index in [9.17, 15) is 9.90 Å². The topological polar surface area (TPSA) is 55.8 Å². The van der Waals surface area contributed by atoms with Crippen LogP contribution in [-0.4, -0.2) is 23.8 Å². The molecule has 0 aromatic heterocycles. The molecule has 4 heteroatoms. The molecule has 0 spiro atoms. The van der Waals surface area contributed by atoms with Crippen LogP contribution in [0.1, 0.15) is 49.0 Å². The standard InChI is InChI=1S/C18H22O4/c1-11-4-6-12(7-5-11)18(2)10-14-15(21-3)9-8-13(17(19)20)16(14)22-18/h4,8-9,12H,5-7,10H2,1-3H3,(H,19,20)/t12-,18?/m1/s1. The van der Waals surface area contributed by atoms with Crippen molar-refractivity contribution < 1.29 is 19.4 Å². The molecular weight excluding hydrogens is 280 g/mol. The molecule has 0 saturated heterocycles. The van der Waals surface area contributed by atoms with Crippen molar-refractivity contribution in [2.75, 3.05) is 7.11 Å². The number of carbonyl (C=O) groups is 1. The summed E-state index contributed by atoms with van der Waals surface area (Å²) >= 11 is 0. The number of benzene rings is 1. The Balaban J connectivity index is 1.97. The first kappa shape index (κ1) is 14.9. The zero-order chi connectivity index (χ0) is 15.9. The number of aromatic carboxylic acids is 1. The van der Waals surface area contributed by atoms with Crippen molar-refractivity contribution in [3.8, 4) is 11.5 Å². The van der Waals surface area contributed by atoms with Crippen LogP contribution in [0.5, 0.6) is 11.5 Å². The normalized spacial score (nSPS) is 26.9. The molecule has 1 aromatic carbocycles. The Morgan fingerprint density at radius 1 is 1.45 bits per heavy atom. The summed E-state index contributed by atoms with van der Waals surface area (Å²) in [7, 11) is 1.61. The van der Waals surface area contributed by atoms with Gasteiger partial charge in [-0.25, -0.2) is 4.79 Å². The van der Waals surface area contributed by atoms with Crippen LogP contribution < -0.4 is 9.47 Å². The van der Waals surface area contributed by atoms with Gasteiger partial charge in [-0.1, -0.05) is 11.6 Å². The molecule has 2 atom stereocenters. The number of hydrogen-bond donors (Lipinski definition) is 1. The summed E-state index contributed by atoms with van der Waals surface area (Å²) in [5.41, 5.74) is 2.18. The Hall–Kier alpha value is -1.97. The van der Waals surface area contributed by atoms with E-state index < -0.39 is 5.97 Å². The highest BCUT2D eigenvalue weighted by atomic mass is 16.5. The highest BCUT2D eigenvalue weighted by molar-refractivity contribution is 5.92. The van der Waals surface area contributed by atoms with E-state index >= 15 is 0 Å². The molecule has 1 aliphatic carbocycles. The van der Waals surface area contributed by atoms with Crippen LogP contribution in [0.3, 0.4) is 0 Å². The summed E-state index contributed by atoms with van der Waals surface area (Å²) in [6.07, 6.45) is 6.13. The Morgan fingerprint density at radius 3 is 2.82 bits per heavy atom. The molecule has 3 rings (SSSR count). The molecule has 4 nitrogen and oxygen atoms in total. The van der Waals surface area contributed by atoms with Gasteiger partial charge in [-0.15, -0.1) is 0 Å². The number of allylic oxidation sites excluding steroid dienone is 2. The van der Waals surface area contributed by atoms with Gasteiger partial charge in [0.05, 0.1) is 7.11 Å². The maximum absolute atomic E-state index is 11.5. The third kappa shape index (κ3) is 2.36. The minimum atomic E-state index is -0.956.